The Kier molecular flexibility index (Phi) is 4.20. The third kappa shape index (κ3) is 3.16. The van der Waals surface area contributed by atoms with E-state index in [-0.39, 0.29) is 22.9 Å². The van der Waals surface area contributed by atoms with Crippen molar-refractivity contribution in [3.63, 3.8) is 0 Å². The van der Waals surface area contributed by atoms with Crippen molar-refractivity contribution < 1.29 is 31.6 Å². The van der Waals surface area contributed by atoms with E-state index in [2.05, 4.69) is 0 Å². The third-order valence-corrected chi connectivity index (χ3v) is 5.87. The second-order valence-corrected chi connectivity index (χ2v) is 8.02. The molecule has 3 aromatic carbocycles. The van der Waals surface area contributed by atoms with Crippen LogP contribution in [-0.4, -0.2) is 11.6 Å². The molecule has 7 heteroatoms. The average molecular weight is 458 g/mol. The first kappa shape index (κ1) is 20.2. The van der Waals surface area contributed by atoms with Gasteiger partial charge in [-0.15, -0.1) is 0 Å². The number of carbonyl (C=O) groups is 2. The summed E-state index contributed by atoms with van der Waals surface area (Å²) in [5.41, 5.74) is 1.13. The molecule has 0 atom stereocenters. The molecule has 0 saturated heterocycles. The van der Waals surface area contributed by atoms with Crippen LogP contribution >= 0.6 is 0 Å². The van der Waals surface area contributed by atoms with Gasteiger partial charge in [0.05, 0.1) is 11.1 Å². The fourth-order valence-electron chi connectivity index (χ4n) is 4.17. The van der Waals surface area contributed by atoms with E-state index in [1.807, 2.05) is 24.3 Å². The van der Waals surface area contributed by atoms with Crippen molar-refractivity contribution in [1.29, 1.82) is 0 Å². The van der Waals surface area contributed by atoms with Gasteiger partial charge in [-0.3, -0.25) is 9.59 Å². The number of fused-ring (bicyclic) bond motifs is 3. The lowest BCUT2D eigenvalue weighted by Crippen LogP contribution is -2.03. The predicted octanol–water partition coefficient (Wildman–Crippen LogP) is 7.33. The van der Waals surface area contributed by atoms with Crippen LogP contribution in [0.5, 0.6) is 0 Å². The largest absolute Gasteiger partial charge is 0.453 e. The lowest BCUT2D eigenvalue weighted by Gasteiger charge is -2.06. The lowest BCUT2D eigenvalue weighted by molar-refractivity contribution is -0.137. The zero-order chi connectivity index (χ0) is 23.6. The van der Waals surface area contributed by atoms with Crippen LogP contribution in [-0.2, 0) is 6.18 Å². The molecule has 166 valence electrons. The Bertz CT molecular complexity index is 1580. The molecule has 0 fully saturated rings. The molecule has 0 amide bonds. The molecule has 2 heterocycles. The van der Waals surface area contributed by atoms with Gasteiger partial charge in [-0.2, -0.15) is 13.2 Å². The minimum absolute atomic E-state index is 0.00433. The molecule has 0 aliphatic heterocycles. The number of rotatable bonds is 2. The Morgan fingerprint density at radius 1 is 0.706 bits per heavy atom. The van der Waals surface area contributed by atoms with Crippen LogP contribution in [0.2, 0.25) is 0 Å². The van der Waals surface area contributed by atoms with Gasteiger partial charge in [-0.05, 0) is 41.1 Å². The van der Waals surface area contributed by atoms with E-state index in [9.17, 15) is 22.8 Å². The van der Waals surface area contributed by atoms with E-state index >= 15 is 0 Å². The summed E-state index contributed by atoms with van der Waals surface area (Å²) in [5, 5.41) is 1.74. The number of furan rings is 2. The first-order chi connectivity index (χ1) is 16.3. The molecular formula is C27H13F3O4. The number of Topliss-reactive ketones (excluding diaryl/α,β-unsaturated/α-hetero) is 2. The van der Waals surface area contributed by atoms with E-state index < -0.39 is 11.7 Å². The fraction of sp³-hybridized carbons (Fsp3) is 0.0370. The molecule has 1 aliphatic carbocycles. The van der Waals surface area contributed by atoms with E-state index in [1.54, 1.807) is 18.2 Å². The van der Waals surface area contributed by atoms with Crippen LogP contribution < -0.4 is 0 Å². The second-order valence-electron chi connectivity index (χ2n) is 8.02. The van der Waals surface area contributed by atoms with Gasteiger partial charge in [-0.25, -0.2) is 0 Å². The second kappa shape index (κ2) is 7.05. The maximum atomic E-state index is 12.9. The molecule has 6 rings (SSSR count). The number of allylic oxidation sites excluding steroid dienone is 1. The molecule has 0 saturated carbocycles. The highest BCUT2D eigenvalue weighted by Crippen LogP contribution is 2.35. The van der Waals surface area contributed by atoms with Crippen LogP contribution in [0.15, 0.2) is 87.2 Å². The Morgan fingerprint density at radius 2 is 1.29 bits per heavy atom. The number of hydrogen-bond acceptors (Lipinski definition) is 4. The molecule has 4 nitrogen and oxygen atoms in total. The quantitative estimate of drug-likeness (QED) is 0.205. The van der Waals surface area contributed by atoms with E-state index in [1.165, 1.54) is 24.3 Å². The van der Waals surface area contributed by atoms with Crippen LogP contribution in [0.4, 0.5) is 13.2 Å². The first-order valence-corrected chi connectivity index (χ1v) is 10.3. The van der Waals surface area contributed by atoms with Crippen molar-refractivity contribution in [3.05, 3.63) is 101 Å². The van der Waals surface area contributed by atoms with Crippen LogP contribution in [0.25, 0.3) is 39.3 Å². The number of carbonyl (C=O) groups excluding carboxylic acids is 2. The number of benzene rings is 3. The number of halogens is 3. The van der Waals surface area contributed by atoms with Crippen molar-refractivity contribution >= 4 is 39.6 Å². The summed E-state index contributed by atoms with van der Waals surface area (Å²) in [4.78, 5) is 25.8. The number of ketones is 2. The smallest absolute Gasteiger partial charge is 0.416 e. The summed E-state index contributed by atoms with van der Waals surface area (Å²) in [6.07, 6.45) is -3.03. The van der Waals surface area contributed by atoms with Crippen molar-refractivity contribution in [2.75, 3.05) is 0 Å². The molecule has 0 spiro atoms. The Labute approximate surface area is 189 Å². The monoisotopic (exact) mass is 458 g/mol. The summed E-state index contributed by atoms with van der Waals surface area (Å²) < 4.78 is 49.8. The molecular weight excluding hydrogens is 445 g/mol. The van der Waals surface area contributed by atoms with Gasteiger partial charge >= 0.3 is 6.18 Å². The molecule has 34 heavy (non-hydrogen) atoms. The summed E-state index contributed by atoms with van der Waals surface area (Å²) in [6, 6.07) is 18.6. The standard InChI is InChI=1S/C27H13F3O4/c28-27(29,30)17-7-5-14(6-8-17)22-13-24-23(34-22)12-18(33-24)11-21-25(31)19-9-15-3-1-2-4-16(15)10-20(19)26(21)32/h1-13H. The van der Waals surface area contributed by atoms with E-state index in [0.717, 1.165) is 22.9 Å². The molecule has 1 aliphatic rings. The highest BCUT2D eigenvalue weighted by atomic mass is 19.4. The zero-order valence-corrected chi connectivity index (χ0v) is 17.3. The molecule has 0 N–H and O–H groups in total. The van der Waals surface area contributed by atoms with Gasteiger partial charge in [-0.1, -0.05) is 36.4 Å². The SMILES string of the molecule is O=C1C(=Cc2cc3oc(-c4ccc(C(F)(F)F)cc4)cc3o2)C(=O)c2cc3ccccc3cc21. The maximum Gasteiger partial charge on any atom is 0.416 e. The summed E-state index contributed by atoms with van der Waals surface area (Å²) in [5.74, 6) is -0.135. The first-order valence-electron chi connectivity index (χ1n) is 10.3. The van der Waals surface area contributed by atoms with Crippen LogP contribution in [0.1, 0.15) is 32.0 Å². The van der Waals surface area contributed by atoms with Gasteiger partial charge in [0, 0.05) is 28.8 Å². The van der Waals surface area contributed by atoms with Gasteiger partial charge in [0.1, 0.15) is 11.5 Å². The topological polar surface area (TPSA) is 60.4 Å². The third-order valence-electron chi connectivity index (χ3n) is 5.87. The summed E-state index contributed by atoms with van der Waals surface area (Å²) in [7, 11) is 0. The Hall–Kier alpha value is -4.39. The normalized spacial score (nSPS) is 13.8. The van der Waals surface area contributed by atoms with Crippen LogP contribution in [0.3, 0.4) is 0 Å². The Morgan fingerprint density at radius 3 is 1.85 bits per heavy atom. The number of alkyl halides is 3. The molecule has 0 unspecified atom stereocenters. The van der Waals surface area contributed by atoms with Gasteiger partial charge < -0.3 is 8.83 Å². The minimum atomic E-state index is -4.42. The number of hydrogen-bond donors (Lipinski definition) is 0. The van der Waals surface area contributed by atoms with Gasteiger partial charge in [0.15, 0.2) is 22.7 Å². The van der Waals surface area contributed by atoms with E-state index in [4.69, 9.17) is 8.83 Å². The highest BCUT2D eigenvalue weighted by Gasteiger charge is 2.34. The predicted molar refractivity (Wildman–Crippen MR) is 120 cm³/mol. The van der Waals surface area contributed by atoms with Crippen molar-refractivity contribution in [2.45, 2.75) is 6.18 Å². The molecule has 0 bridgehead atoms. The highest BCUT2D eigenvalue weighted by molar-refractivity contribution is 6.42. The Balaban J connectivity index is 1.32. The molecule has 0 radical (unpaired) electrons. The summed E-state index contributed by atoms with van der Waals surface area (Å²) >= 11 is 0. The van der Waals surface area contributed by atoms with Crippen molar-refractivity contribution in [1.82, 2.24) is 0 Å². The minimum Gasteiger partial charge on any atom is -0.453 e. The average Bonchev–Trinajstić information content (AvgIpc) is 3.45. The van der Waals surface area contributed by atoms with Gasteiger partial charge in [0.2, 0.25) is 0 Å². The van der Waals surface area contributed by atoms with Crippen molar-refractivity contribution in [3.8, 4) is 11.3 Å². The van der Waals surface area contributed by atoms with Gasteiger partial charge in [0.25, 0.3) is 0 Å². The summed E-state index contributed by atoms with van der Waals surface area (Å²) in [6.45, 7) is 0. The van der Waals surface area contributed by atoms with Crippen LogP contribution in [0, 0.1) is 0 Å². The zero-order valence-electron chi connectivity index (χ0n) is 17.3. The van der Waals surface area contributed by atoms with Crippen molar-refractivity contribution in [2.24, 2.45) is 0 Å². The molecule has 2 aromatic heterocycles. The van der Waals surface area contributed by atoms with E-state index in [0.29, 0.717) is 33.6 Å². The fourth-order valence-corrected chi connectivity index (χ4v) is 4.17. The lowest BCUT2D eigenvalue weighted by atomic mass is 10.0. The molecule has 5 aromatic rings. The maximum absolute atomic E-state index is 12.9.